The Labute approximate surface area is 94.7 Å². The number of carbonyl (C=O) groups is 1. The van der Waals surface area contributed by atoms with Gasteiger partial charge in [-0.2, -0.15) is 0 Å². The summed E-state index contributed by atoms with van der Waals surface area (Å²) in [5, 5.41) is 0. The van der Waals surface area contributed by atoms with Crippen molar-refractivity contribution in [3.63, 3.8) is 0 Å². The Morgan fingerprint density at radius 2 is 2.00 bits per heavy atom. The number of carbonyl (C=O) groups excluding carboxylic acids is 1. The molecule has 0 fully saturated rings. The quantitative estimate of drug-likeness (QED) is 0.390. The number of amides is 1. The minimum Gasteiger partial charge on any atom is -0.496 e. The zero-order chi connectivity index (χ0) is 12.3. The van der Waals surface area contributed by atoms with Crippen molar-refractivity contribution in [3.8, 4) is 5.75 Å². The van der Waals surface area contributed by atoms with Crippen LogP contribution in [0.5, 0.6) is 5.75 Å². The van der Waals surface area contributed by atoms with Crippen molar-refractivity contribution in [3.05, 3.63) is 28.8 Å². The van der Waals surface area contributed by atoms with Crippen LogP contribution in [0.25, 0.3) is 0 Å². The number of nitrogens with two attached hydrogens (primary N) is 2. The average molecular weight is 223 g/mol. The molecule has 88 valence electrons. The first-order chi connectivity index (χ1) is 7.51. The van der Waals surface area contributed by atoms with Crippen molar-refractivity contribution in [2.45, 2.75) is 19.9 Å². The van der Waals surface area contributed by atoms with E-state index in [9.17, 15) is 4.79 Å². The third kappa shape index (κ3) is 2.32. The van der Waals surface area contributed by atoms with Crippen LogP contribution in [0.1, 0.15) is 22.7 Å². The predicted molar refractivity (Wildman–Crippen MR) is 61.7 cm³/mol. The molecule has 0 aromatic heterocycles. The number of rotatable bonds is 3. The van der Waals surface area contributed by atoms with Crippen molar-refractivity contribution in [2.24, 2.45) is 11.6 Å². The normalized spacial score (nSPS) is 12.1. The van der Waals surface area contributed by atoms with Gasteiger partial charge in [0.25, 0.3) is 5.91 Å². The molecular weight excluding hydrogens is 206 g/mol. The van der Waals surface area contributed by atoms with E-state index in [-0.39, 0.29) is 0 Å². The largest absolute Gasteiger partial charge is 0.496 e. The second-order valence-corrected chi connectivity index (χ2v) is 3.66. The smallest absolute Gasteiger partial charge is 0.255 e. The molecule has 1 aromatic carbocycles. The zero-order valence-corrected chi connectivity index (χ0v) is 9.70. The molecule has 0 spiro atoms. The molecule has 1 amide bonds. The maximum absolute atomic E-state index is 11.3. The number of hydrogen-bond donors (Lipinski definition) is 3. The fraction of sp³-hybridized carbons (Fsp3) is 0.364. The highest BCUT2D eigenvalue weighted by molar-refractivity contribution is 5.82. The molecule has 0 aliphatic carbocycles. The lowest BCUT2D eigenvalue weighted by molar-refractivity contribution is -0.122. The van der Waals surface area contributed by atoms with Gasteiger partial charge in [-0.1, -0.05) is 6.07 Å². The summed E-state index contributed by atoms with van der Waals surface area (Å²) in [6, 6.07) is 2.94. The van der Waals surface area contributed by atoms with Gasteiger partial charge < -0.3 is 10.5 Å². The SMILES string of the molecule is COc1cc(C)c(C(N)C(=O)NN)cc1C. The molecule has 0 saturated carbocycles. The lowest BCUT2D eigenvalue weighted by atomic mass is 9.98. The van der Waals surface area contributed by atoms with E-state index in [1.807, 2.05) is 31.4 Å². The Hall–Kier alpha value is -1.59. The summed E-state index contributed by atoms with van der Waals surface area (Å²) in [4.78, 5) is 11.3. The molecule has 0 saturated heterocycles. The van der Waals surface area contributed by atoms with Crippen molar-refractivity contribution < 1.29 is 9.53 Å². The van der Waals surface area contributed by atoms with Gasteiger partial charge in [0.2, 0.25) is 0 Å². The van der Waals surface area contributed by atoms with Gasteiger partial charge in [-0.25, -0.2) is 5.84 Å². The number of hydrazine groups is 1. The molecule has 1 unspecified atom stereocenters. The third-order valence-electron chi connectivity index (χ3n) is 2.54. The van der Waals surface area contributed by atoms with Crippen LogP contribution in [0.2, 0.25) is 0 Å². The maximum atomic E-state index is 11.3. The van der Waals surface area contributed by atoms with E-state index in [1.165, 1.54) is 0 Å². The van der Waals surface area contributed by atoms with Crippen molar-refractivity contribution in [1.29, 1.82) is 0 Å². The van der Waals surface area contributed by atoms with E-state index >= 15 is 0 Å². The Balaban J connectivity index is 3.15. The number of aryl methyl sites for hydroxylation is 2. The molecule has 5 nitrogen and oxygen atoms in total. The van der Waals surface area contributed by atoms with Crippen LogP contribution in [0.3, 0.4) is 0 Å². The first-order valence-electron chi connectivity index (χ1n) is 4.92. The maximum Gasteiger partial charge on any atom is 0.255 e. The van der Waals surface area contributed by atoms with Crippen LogP contribution >= 0.6 is 0 Å². The minimum atomic E-state index is -0.755. The van der Waals surface area contributed by atoms with E-state index in [0.29, 0.717) is 0 Å². The van der Waals surface area contributed by atoms with Crippen LogP contribution in [0, 0.1) is 13.8 Å². The molecule has 1 atom stereocenters. The lowest BCUT2D eigenvalue weighted by Gasteiger charge is -2.15. The molecule has 0 aliphatic heterocycles. The minimum absolute atomic E-state index is 0.410. The number of benzene rings is 1. The lowest BCUT2D eigenvalue weighted by Crippen LogP contribution is -2.38. The topological polar surface area (TPSA) is 90.4 Å². The summed E-state index contributed by atoms with van der Waals surface area (Å²) < 4.78 is 5.18. The predicted octanol–water partition coefficient (Wildman–Crippen LogP) is 0.302. The van der Waals surface area contributed by atoms with E-state index < -0.39 is 11.9 Å². The highest BCUT2D eigenvalue weighted by Crippen LogP contribution is 2.25. The molecule has 0 heterocycles. The van der Waals surface area contributed by atoms with E-state index in [4.69, 9.17) is 16.3 Å². The van der Waals surface area contributed by atoms with Crippen LogP contribution in [-0.4, -0.2) is 13.0 Å². The summed E-state index contributed by atoms with van der Waals surface area (Å²) in [5.41, 5.74) is 10.4. The standard InChI is InChI=1S/C11H17N3O2/c1-6-5-9(16-3)7(2)4-8(6)10(12)11(15)14-13/h4-5,10H,12-13H2,1-3H3,(H,14,15). The summed E-state index contributed by atoms with van der Waals surface area (Å²) in [5.74, 6) is 5.42. The molecule has 0 aliphatic rings. The second-order valence-electron chi connectivity index (χ2n) is 3.66. The molecule has 5 N–H and O–H groups in total. The Morgan fingerprint density at radius 1 is 1.38 bits per heavy atom. The summed E-state index contributed by atoms with van der Waals surface area (Å²) in [7, 11) is 1.61. The first kappa shape index (κ1) is 12.5. The van der Waals surface area contributed by atoms with Gasteiger partial charge in [-0.05, 0) is 36.6 Å². The highest BCUT2D eigenvalue weighted by atomic mass is 16.5. The Kier molecular flexibility index (Phi) is 3.87. The van der Waals surface area contributed by atoms with Crippen molar-refractivity contribution in [2.75, 3.05) is 7.11 Å². The third-order valence-corrected chi connectivity index (χ3v) is 2.54. The molecular formula is C11H17N3O2. The number of nitrogens with one attached hydrogen (secondary N) is 1. The molecule has 5 heteroatoms. The van der Waals surface area contributed by atoms with Gasteiger partial charge in [0, 0.05) is 0 Å². The van der Waals surface area contributed by atoms with Crippen molar-refractivity contribution >= 4 is 5.91 Å². The highest BCUT2D eigenvalue weighted by Gasteiger charge is 2.18. The molecule has 0 bridgehead atoms. The summed E-state index contributed by atoms with van der Waals surface area (Å²) >= 11 is 0. The number of ether oxygens (including phenoxy) is 1. The molecule has 0 radical (unpaired) electrons. The van der Waals surface area contributed by atoms with Gasteiger partial charge in [-0.15, -0.1) is 0 Å². The van der Waals surface area contributed by atoms with Gasteiger partial charge >= 0.3 is 0 Å². The Bertz CT molecular complexity index is 404. The molecule has 16 heavy (non-hydrogen) atoms. The van der Waals surface area contributed by atoms with E-state index in [0.717, 1.165) is 22.4 Å². The zero-order valence-electron chi connectivity index (χ0n) is 9.70. The van der Waals surface area contributed by atoms with Gasteiger partial charge in [0.15, 0.2) is 0 Å². The number of methoxy groups -OCH3 is 1. The Morgan fingerprint density at radius 3 is 2.50 bits per heavy atom. The van der Waals surface area contributed by atoms with E-state index in [2.05, 4.69) is 0 Å². The van der Waals surface area contributed by atoms with Crippen LogP contribution < -0.4 is 21.7 Å². The fourth-order valence-corrected chi connectivity index (χ4v) is 1.60. The molecule has 1 rings (SSSR count). The first-order valence-corrected chi connectivity index (χ1v) is 4.92. The second kappa shape index (κ2) is 4.96. The monoisotopic (exact) mass is 223 g/mol. The van der Waals surface area contributed by atoms with Crippen LogP contribution in [0.4, 0.5) is 0 Å². The van der Waals surface area contributed by atoms with E-state index in [1.54, 1.807) is 7.11 Å². The number of hydrogen-bond acceptors (Lipinski definition) is 4. The summed E-state index contributed by atoms with van der Waals surface area (Å²) in [6.07, 6.45) is 0. The fourth-order valence-electron chi connectivity index (χ4n) is 1.60. The molecule has 1 aromatic rings. The van der Waals surface area contributed by atoms with Gasteiger partial charge in [0.1, 0.15) is 11.8 Å². The van der Waals surface area contributed by atoms with Crippen LogP contribution in [-0.2, 0) is 4.79 Å². The van der Waals surface area contributed by atoms with Crippen molar-refractivity contribution in [1.82, 2.24) is 5.43 Å². The van der Waals surface area contributed by atoms with Gasteiger partial charge in [-0.3, -0.25) is 10.2 Å². The summed E-state index contributed by atoms with van der Waals surface area (Å²) in [6.45, 7) is 3.77. The van der Waals surface area contributed by atoms with Gasteiger partial charge in [0.05, 0.1) is 7.11 Å². The van der Waals surface area contributed by atoms with Crippen LogP contribution in [0.15, 0.2) is 12.1 Å². The average Bonchev–Trinajstić information content (AvgIpc) is 2.29.